The van der Waals surface area contributed by atoms with Crippen molar-refractivity contribution < 1.29 is 33.4 Å². The first-order valence-electron chi connectivity index (χ1n) is 15.6. The SMILES string of the molecule is CCOc1cc([C@H]2C3=CC[C@@H]4C(=O)N(c5ccc(CC)cc5)C(=O)[C@@H]4[C@@H]3C[C@@]3(Cl)C(=O)N(c4ccc(F)cc4)C(=O)[C@@]23Cl)ccc1O. The van der Waals surface area contributed by atoms with Gasteiger partial charge in [-0.2, -0.15) is 0 Å². The normalized spacial score (nSPS) is 29.9. The molecule has 2 aliphatic carbocycles. The Morgan fingerprint density at radius 1 is 0.872 bits per heavy atom. The lowest BCUT2D eigenvalue weighted by Gasteiger charge is -2.50. The number of aryl methyl sites for hydroxylation is 1. The molecule has 3 aromatic carbocycles. The first kappa shape index (κ1) is 31.4. The zero-order valence-electron chi connectivity index (χ0n) is 25.6. The zero-order chi connectivity index (χ0) is 33.4. The number of nitrogens with zero attached hydrogens (tertiary/aromatic N) is 2. The van der Waals surface area contributed by atoms with Crippen LogP contribution in [-0.2, 0) is 25.6 Å². The van der Waals surface area contributed by atoms with E-state index in [1.165, 1.54) is 23.1 Å². The van der Waals surface area contributed by atoms with Crippen LogP contribution in [-0.4, -0.2) is 45.1 Å². The Morgan fingerprint density at radius 2 is 1.53 bits per heavy atom. The maximum absolute atomic E-state index is 14.5. The Morgan fingerprint density at radius 3 is 2.19 bits per heavy atom. The van der Waals surface area contributed by atoms with Crippen LogP contribution in [0.4, 0.5) is 15.8 Å². The van der Waals surface area contributed by atoms with E-state index in [-0.39, 0.29) is 42.5 Å². The second kappa shape index (κ2) is 11.2. The highest BCUT2D eigenvalue weighted by Gasteiger charge is 2.76. The molecule has 3 fully saturated rings. The average Bonchev–Trinajstić information content (AvgIpc) is 3.40. The Bertz CT molecular complexity index is 1860. The van der Waals surface area contributed by atoms with Crippen molar-refractivity contribution in [3.05, 3.63) is 95.3 Å². The number of alkyl halides is 2. The van der Waals surface area contributed by atoms with Gasteiger partial charge in [0.2, 0.25) is 11.8 Å². The number of phenolic OH excluding ortho intramolecular Hbond substituents is 1. The van der Waals surface area contributed by atoms with Gasteiger partial charge in [0.15, 0.2) is 21.2 Å². The molecule has 2 saturated heterocycles. The Balaban J connectivity index is 1.39. The van der Waals surface area contributed by atoms with Gasteiger partial charge in [0.1, 0.15) is 5.82 Å². The third kappa shape index (κ3) is 4.39. The molecule has 4 amide bonds. The molecule has 1 N–H and O–H groups in total. The van der Waals surface area contributed by atoms with E-state index in [2.05, 4.69) is 0 Å². The standard InChI is InChI=1S/C36H31Cl2FN2O6/c1-3-19-5-10-22(11-6-19)40-31(43)25-15-14-24-26(29(25)32(40)44)18-35(37)33(45)41(23-12-8-21(39)9-13-23)34(46)36(35,38)30(24)20-7-16-27(42)28(17-20)47-4-2/h5-14,16-17,25-26,29-30,42H,3-4,15,18H2,1-2H3/t25-,26+,29-,30-,35+,36-/m0/s1. The van der Waals surface area contributed by atoms with Crippen LogP contribution < -0.4 is 14.5 Å². The lowest BCUT2D eigenvalue weighted by atomic mass is 9.56. The molecular weight excluding hydrogens is 646 g/mol. The lowest BCUT2D eigenvalue weighted by Crippen LogP contribution is -2.60. The summed E-state index contributed by atoms with van der Waals surface area (Å²) in [7, 11) is 0. The van der Waals surface area contributed by atoms with E-state index in [0.717, 1.165) is 29.0 Å². The Kier molecular flexibility index (Phi) is 7.48. The molecule has 2 aliphatic heterocycles. The Labute approximate surface area is 280 Å². The van der Waals surface area contributed by atoms with Crippen LogP contribution in [0.2, 0.25) is 0 Å². The highest BCUT2D eigenvalue weighted by Crippen LogP contribution is 2.66. The van der Waals surface area contributed by atoms with Crippen LogP contribution >= 0.6 is 23.2 Å². The van der Waals surface area contributed by atoms with Crippen molar-refractivity contribution in [1.82, 2.24) is 0 Å². The number of carbonyl (C=O) groups excluding carboxylic acids is 4. The number of fused-ring (bicyclic) bond motifs is 4. The molecule has 0 spiro atoms. The number of halogens is 3. The van der Waals surface area contributed by atoms with E-state index in [9.17, 15) is 28.7 Å². The van der Waals surface area contributed by atoms with Crippen molar-refractivity contribution in [2.75, 3.05) is 16.4 Å². The van der Waals surface area contributed by atoms with Gasteiger partial charge in [0, 0.05) is 5.92 Å². The van der Waals surface area contributed by atoms with Crippen LogP contribution in [0, 0.1) is 23.6 Å². The van der Waals surface area contributed by atoms with Crippen molar-refractivity contribution >= 4 is 58.2 Å². The molecule has 2 heterocycles. The van der Waals surface area contributed by atoms with Crippen LogP contribution in [0.1, 0.15) is 43.7 Å². The van der Waals surface area contributed by atoms with Gasteiger partial charge < -0.3 is 9.84 Å². The van der Waals surface area contributed by atoms with Crippen molar-refractivity contribution in [3.8, 4) is 11.5 Å². The topological polar surface area (TPSA) is 104 Å². The number of ether oxygens (including phenoxy) is 1. The molecule has 3 aromatic rings. The summed E-state index contributed by atoms with van der Waals surface area (Å²) in [5, 5.41) is 10.5. The van der Waals surface area contributed by atoms with Gasteiger partial charge in [-0.3, -0.25) is 24.1 Å². The van der Waals surface area contributed by atoms with Crippen LogP contribution in [0.3, 0.4) is 0 Å². The van der Waals surface area contributed by atoms with E-state index >= 15 is 0 Å². The molecule has 47 heavy (non-hydrogen) atoms. The van der Waals surface area contributed by atoms with Crippen molar-refractivity contribution in [1.29, 1.82) is 0 Å². The number of rotatable bonds is 6. The van der Waals surface area contributed by atoms with Gasteiger partial charge in [0.05, 0.1) is 29.8 Å². The number of carbonyl (C=O) groups is 4. The smallest absolute Gasteiger partial charge is 0.258 e. The summed E-state index contributed by atoms with van der Waals surface area (Å²) in [5.74, 6) is -6.24. The number of benzene rings is 3. The summed E-state index contributed by atoms with van der Waals surface area (Å²) in [6, 6.07) is 16.7. The summed E-state index contributed by atoms with van der Waals surface area (Å²) in [6.45, 7) is 4.01. The predicted molar refractivity (Wildman–Crippen MR) is 174 cm³/mol. The van der Waals surface area contributed by atoms with Crippen molar-refractivity contribution in [3.63, 3.8) is 0 Å². The molecule has 6 atom stereocenters. The molecule has 4 aliphatic rings. The summed E-state index contributed by atoms with van der Waals surface area (Å²) in [4.78, 5) is 54.9. The molecule has 242 valence electrons. The number of hydrogen-bond donors (Lipinski definition) is 1. The minimum absolute atomic E-state index is 0.0963. The maximum atomic E-state index is 14.5. The minimum Gasteiger partial charge on any atom is -0.504 e. The number of anilines is 2. The third-order valence-electron chi connectivity index (χ3n) is 10.1. The zero-order valence-corrected chi connectivity index (χ0v) is 27.1. The number of allylic oxidation sites excluding steroid dienone is 2. The van der Waals surface area contributed by atoms with Gasteiger partial charge >= 0.3 is 0 Å². The van der Waals surface area contributed by atoms with Gasteiger partial charge in [-0.1, -0.05) is 36.8 Å². The van der Waals surface area contributed by atoms with Crippen molar-refractivity contribution in [2.45, 2.75) is 48.8 Å². The molecule has 0 bridgehead atoms. The van der Waals surface area contributed by atoms with Crippen LogP contribution in [0.5, 0.6) is 11.5 Å². The van der Waals surface area contributed by atoms with Gasteiger partial charge in [-0.15, -0.1) is 23.2 Å². The van der Waals surface area contributed by atoms with Crippen LogP contribution in [0.15, 0.2) is 78.4 Å². The van der Waals surface area contributed by atoms with Gasteiger partial charge in [-0.25, -0.2) is 9.29 Å². The fourth-order valence-corrected chi connectivity index (χ4v) is 8.82. The molecule has 11 heteroatoms. The third-order valence-corrected chi connectivity index (χ3v) is 11.5. The van der Waals surface area contributed by atoms with Crippen molar-refractivity contribution in [2.24, 2.45) is 17.8 Å². The molecular formula is C36H31Cl2FN2O6. The van der Waals surface area contributed by atoms with E-state index in [1.807, 2.05) is 25.1 Å². The maximum Gasteiger partial charge on any atom is 0.258 e. The number of amides is 4. The fourth-order valence-electron chi connectivity index (χ4n) is 7.89. The quantitative estimate of drug-likeness (QED) is 0.188. The van der Waals surface area contributed by atoms with Gasteiger partial charge in [0.25, 0.3) is 11.8 Å². The predicted octanol–water partition coefficient (Wildman–Crippen LogP) is 6.26. The van der Waals surface area contributed by atoms with E-state index in [1.54, 1.807) is 31.2 Å². The van der Waals surface area contributed by atoms with Crippen LogP contribution in [0.25, 0.3) is 0 Å². The second-order valence-electron chi connectivity index (χ2n) is 12.4. The number of phenols is 1. The van der Waals surface area contributed by atoms with E-state index in [4.69, 9.17) is 27.9 Å². The first-order chi connectivity index (χ1) is 22.5. The fraction of sp³-hybridized carbons (Fsp3) is 0.333. The molecule has 8 nitrogen and oxygen atoms in total. The first-order valence-corrected chi connectivity index (χ1v) is 16.4. The van der Waals surface area contributed by atoms with E-state index in [0.29, 0.717) is 16.8 Å². The summed E-state index contributed by atoms with van der Waals surface area (Å²) in [5.41, 5.74) is 2.66. The molecule has 1 saturated carbocycles. The number of imide groups is 2. The molecule has 0 radical (unpaired) electrons. The van der Waals surface area contributed by atoms with Gasteiger partial charge in [-0.05, 0) is 91.8 Å². The monoisotopic (exact) mass is 676 g/mol. The number of aromatic hydroxyl groups is 1. The average molecular weight is 678 g/mol. The molecule has 7 rings (SSSR count). The van der Waals surface area contributed by atoms with E-state index < -0.39 is 57.0 Å². The minimum atomic E-state index is -2.09. The summed E-state index contributed by atoms with van der Waals surface area (Å²) >= 11 is 14.8. The highest BCUT2D eigenvalue weighted by molar-refractivity contribution is 6.58. The largest absolute Gasteiger partial charge is 0.504 e. The summed E-state index contributed by atoms with van der Waals surface area (Å²) < 4.78 is 19.5. The Hall–Kier alpha value is -4.21. The summed E-state index contributed by atoms with van der Waals surface area (Å²) in [6.07, 6.45) is 2.66. The lowest BCUT2D eigenvalue weighted by molar-refractivity contribution is -0.125. The molecule has 0 unspecified atom stereocenters. The highest BCUT2D eigenvalue weighted by atomic mass is 35.5. The molecule has 0 aromatic heterocycles. The number of hydrogen-bond acceptors (Lipinski definition) is 6. The second-order valence-corrected chi connectivity index (χ2v) is 13.7.